The fourth-order valence-electron chi connectivity index (χ4n) is 2.58. The maximum atomic E-state index is 12.9. The first-order valence-corrected chi connectivity index (χ1v) is 10.4. The number of morpholine rings is 1. The summed E-state index contributed by atoms with van der Waals surface area (Å²) in [5.41, 5.74) is 0.847. The number of esters is 1. The van der Waals surface area contributed by atoms with Crippen molar-refractivity contribution in [1.82, 2.24) is 4.31 Å². The third-order valence-corrected chi connectivity index (χ3v) is 5.85. The number of sulfonamides is 1. The number of hydrogen-bond acceptors (Lipinski definition) is 8. The molecule has 1 aromatic rings. The summed E-state index contributed by atoms with van der Waals surface area (Å²) < 4.78 is 37.2. The van der Waals surface area contributed by atoms with Crippen LogP contribution in [0.5, 0.6) is 0 Å². The van der Waals surface area contributed by atoms with Crippen LogP contribution in [-0.4, -0.2) is 58.1 Å². The lowest BCUT2D eigenvalue weighted by Gasteiger charge is -2.26. The molecule has 2 N–H and O–H groups in total. The molecule has 1 aromatic carbocycles. The zero-order valence-corrected chi connectivity index (χ0v) is 16.7. The molecule has 1 fully saturated rings. The first kappa shape index (κ1) is 21.7. The minimum absolute atomic E-state index is 0.113. The van der Waals surface area contributed by atoms with E-state index < -0.39 is 16.0 Å². The molecule has 0 unspecified atom stereocenters. The lowest BCUT2D eigenvalue weighted by Crippen LogP contribution is -2.40. The molecule has 0 spiro atoms. The molecule has 9 nitrogen and oxygen atoms in total. The number of rotatable bonds is 8. The summed E-state index contributed by atoms with van der Waals surface area (Å²) in [6, 6.07) is 6.40. The SMILES string of the molecule is CCNc1ccc(S(=O)(=O)N2CCOCC2)cc1N/C=C(\C#N)C(=O)OCC. The first-order chi connectivity index (χ1) is 13.4. The van der Waals surface area contributed by atoms with Gasteiger partial charge in [-0.3, -0.25) is 0 Å². The Morgan fingerprint density at radius 3 is 2.64 bits per heavy atom. The lowest BCUT2D eigenvalue weighted by atomic mass is 10.2. The molecular formula is C18H24N4O5S. The lowest BCUT2D eigenvalue weighted by molar-refractivity contribution is -0.138. The average Bonchev–Trinajstić information content (AvgIpc) is 2.70. The van der Waals surface area contributed by atoms with E-state index in [9.17, 15) is 13.2 Å². The predicted octanol–water partition coefficient (Wildman–Crippen LogP) is 1.52. The molecule has 10 heteroatoms. The summed E-state index contributed by atoms with van der Waals surface area (Å²) in [6.07, 6.45) is 1.21. The van der Waals surface area contributed by atoms with Crippen LogP contribution < -0.4 is 10.6 Å². The van der Waals surface area contributed by atoms with Crippen molar-refractivity contribution in [1.29, 1.82) is 5.26 Å². The minimum atomic E-state index is -3.68. The predicted molar refractivity (Wildman–Crippen MR) is 104 cm³/mol. The topological polar surface area (TPSA) is 121 Å². The molecule has 0 radical (unpaired) electrons. The van der Waals surface area contributed by atoms with Crippen LogP contribution in [0, 0.1) is 11.3 Å². The van der Waals surface area contributed by atoms with Gasteiger partial charge in [-0.2, -0.15) is 9.57 Å². The zero-order chi connectivity index (χ0) is 20.6. The highest BCUT2D eigenvalue weighted by Crippen LogP contribution is 2.28. The van der Waals surface area contributed by atoms with Crippen LogP contribution in [-0.2, 0) is 24.3 Å². The van der Waals surface area contributed by atoms with Gasteiger partial charge in [0.2, 0.25) is 10.0 Å². The average molecular weight is 408 g/mol. The van der Waals surface area contributed by atoms with Gasteiger partial charge in [-0.15, -0.1) is 0 Å². The molecule has 28 heavy (non-hydrogen) atoms. The molecule has 1 saturated heterocycles. The maximum absolute atomic E-state index is 12.9. The summed E-state index contributed by atoms with van der Waals surface area (Å²) in [4.78, 5) is 11.9. The summed E-state index contributed by atoms with van der Waals surface area (Å²) >= 11 is 0. The van der Waals surface area contributed by atoms with E-state index in [1.165, 1.54) is 22.6 Å². The second-order valence-corrected chi connectivity index (χ2v) is 7.73. The van der Waals surface area contributed by atoms with Crippen molar-refractivity contribution in [2.75, 3.05) is 50.1 Å². The molecule has 0 bridgehead atoms. The van der Waals surface area contributed by atoms with Crippen molar-refractivity contribution in [2.45, 2.75) is 18.7 Å². The van der Waals surface area contributed by atoms with E-state index in [0.717, 1.165) is 0 Å². The Labute approximate surface area is 165 Å². The van der Waals surface area contributed by atoms with Gasteiger partial charge in [0.15, 0.2) is 5.57 Å². The Hall–Kier alpha value is -2.61. The van der Waals surface area contributed by atoms with Crippen LogP contribution in [0.15, 0.2) is 34.9 Å². The monoisotopic (exact) mass is 408 g/mol. The van der Waals surface area contributed by atoms with E-state index in [2.05, 4.69) is 10.6 Å². The minimum Gasteiger partial charge on any atom is -0.462 e. The number of benzene rings is 1. The van der Waals surface area contributed by atoms with Crippen molar-refractivity contribution in [3.05, 3.63) is 30.0 Å². The molecule has 0 aliphatic carbocycles. The Kier molecular flexibility index (Phi) is 7.80. The number of carbonyl (C=O) groups excluding carboxylic acids is 1. The Balaban J connectivity index is 2.35. The molecule has 2 rings (SSSR count). The van der Waals surface area contributed by atoms with Crippen molar-refractivity contribution in [3.8, 4) is 6.07 Å². The second kappa shape index (κ2) is 10.1. The highest BCUT2D eigenvalue weighted by atomic mass is 32.2. The molecular weight excluding hydrogens is 384 g/mol. The van der Waals surface area contributed by atoms with Crippen molar-refractivity contribution < 1.29 is 22.7 Å². The highest BCUT2D eigenvalue weighted by molar-refractivity contribution is 7.89. The third kappa shape index (κ3) is 5.22. The number of carbonyl (C=O) groups is 1. The van der Waals surface area contributed by atoms with Crippen LogP contribution in [0.4, 0.5) is 11.4 Å². The molecule has 0 atom stereocenters. The summed E-state index contributed by atoms with van der Waals surface area (Å²) in [5, 5.41) is 15.1. The van der Waals surface area contributed by atoms with Gasteiger partial charge in [-0.25, -0.2) is 13.2 Å². The van der Waals surface area contributed by atoms with Gasteiger partial charge in [-0.1, -0.05) is 0 Å². The van der Waals surface area contributed by atoms with Gasteiger partial charge in [0, 0.05) is 25.8 Å². The smallest absolute Gasteiger partial charge is 0.350 e. The van der Waals surface area contributed by atoms with E-state index in [1.807, 2.05) is 6.92 Å². The van der Waals surface area contributed by atoms with Crippen LogP contribution in [0.3, 0.4) is 0 Å². The van der Waals surface area contributed by atoms with E-state index >= 15 is 0 Å². The maximum Gasteiger partial charge on any atom is 0.350 e. The van der Waals surface area contributed by atoms with Crippen LogP contribution in [0.25, 0.3) is 0 Å². The normalized spacial score (nSPS) is 15.5. The van der Waals surface area contributed by atoms with Crippen LogP contribution >= 0.6 is 0 Å². The quantitative estimate of drug-likeness (QED) is 0.377. The number of nitriles is 1. The number of anilines is 2. The van der Waals surface area contributed by atoms with Gasteiger partial charge in [0.05, 0.1) is 36.1 Å². The van der Waals surface area contributed by atoms with Crippen LogP contribution in [0.1, 0.15) is 13.8 Å². The van der Waals surface area contributed by atoms with Gasteiger partial charge in [-0.05, 0) is 32.0 Å². The Bertz CT molecular complexity index is 870. The standard InChI is InChI=1S/C18H24N4O5S/c1-3-20-16-6-5-15(28(24,25)22-7-9-26-10-8-22)11-17(16)21-13-14(12-19)18(23)27-4-2/h5-6,11,13,20-21H,3-4,7-10H2,1-2H3/b14-13+. The summed E-state index contributed by atoms with van der Waals surface area (Å²) in [7, 11) is -3.68. The van der Waals surface area contributed by atoms with Gasteiger partial charge in [0.1, 0.15) is 6.07 Å². The van der Waals surface area contributed by atoms with E-state index in [-0.39, 0.29) is 17.1 Å². The van der Waals surface area contributed by atoms with E-state index in [0.29, 0.717) is 44.2 Å². The number of nitrogens with one attached hydrogen (secondary N) is 2. The second-order valence-electron chi connectivity index (χ2n) is 5.79. The summed E-state index contributed by atoms with van der Waals surface area (Å²) in [5.74, 6) is -0.750. The van der Waals surface area contributed by atoms with Crippen molar-refractivity contribution in [3.63, 3.8) is 0 Å². The van der Waals surface area contributed by atoms with Gasteiger partial charge < -0.3 is 20.1 Å². The molecule has 152 valence electrons. The highest BCUT2D eigenvalue weighted by Gasteiger charge is 2.27. The van der Waals surface area contributed by atoms with E-state index in [1.54, 1.807) is 19.1 Å². The number of hydrogen-bond donors (Lipinski definition) is 2. The molecule has 1 aliphatic heterocycles. The van der Waals surface area contributed by atoms with E-state index in [4.69, 9.17) is 14.7 Å². The van der Waals surface area contributed by atoms with Crippen LogP contribution in [0.2, 0.25) is 0 Å². The molecule has 0 amide bonds. The molecule has 1 heterocycles. The fraction of sp³-hybridized carbons (Fsp3) is 0.444. The van der Waals surface area contributed by atoms with Gasteiger partial charge in [0.25, 0.3) is 0 Å². The van der Waals surface area contributed by atoms with Crippen molar-refractivity contribution in [2.24, 2.45) is 0 Å². The molecule has 1 aliphatic rings. The number of ether oxygens (including phenoxy) is 2. The first-order valence-electron chi connectivity index (χ1n) is 8.93. The largest absolute Gasteiger partial charge is 0.462 e. The number of nitrogens with zero attached hydrogens (tertiary/aromatic N) is 2. The summed E-state index contributed by atoms with van der Waals surface area (Å²) in [6.45, 7) is 5.59. The van der Waals surface area contributed by atoms with Gasteiger partial charge >= 0.3 is 5.97 Å². The molecule has 0 aromatic heterocycles. The van der Waals surface area contributed by atoms with Crippen molar-refractivity contribution >= 4 is 27.4 Å². The third-order valence-electron chi connectivity index (χ3n) is 3.95. The molecule has 0 saturated carbocycles. The fourth-order valence-corrected chi connectivity index (χ4v) is 4.01. The zero-order valence-electron chi connectivity index (χ0n) is 15.9. The Morgan fingerprint density at radius 1 is 1.32 bits per heavy atom. The Morgan fingerprint density at radius 2 is 2.04 bits per heavy atom.